The summed E-state index contributed by atoms with van der Waals surface area (Å²) in [6.45, 7) is 0.945. The van der Waals surface area contributed by atoms with Gasteiger partial charge in [0.15, 0.2) is 0 Å². The van der Waals surface area contributed by atoms with Crippen LogP contribution < -0.4 is 0 Å². The maximum absolute atomic E-state index is 13.5. The van der Waals surface area contributed by atoms with Gasteiger partial charge in [0.25, 0.3) is 0 Å². The van der Waals surface area contributed by atoms with E-state index in [1.54, 1.807) is 23.5 Å². The average molecular weight is 326 g/mol. The van der Waals surface area contributed by atoms with E-state index in [9.17, 15) is 14.3 Å². The lowest BCUT2D eigenvalue weighted by atomic mass is 9.99. The Bertz CT molecular complexity index is 688. The van der Waals surface area contributed by atoms with Crippen molar-refractivity contribution in [3.63, 3.8) is 0 Å². The number of carboxylic acid groups (broad SMARTS) is 1. The predicted molar refractivity (Wildman–Crippen MR) is 80.2 cm³/mol. The van der Waals surface area contributed by atoms with Gasteiger partial charge >= 0.3 is 5.97 Å². The molecule has 2 aromatic rings. The minimum atomic E-state index is -0.887. The third-order valence-corrected chi connectivity index (χ3v) is 5.12. The molecule has 110 valence electrons. The van der Waals surface area contributed by atoms with Crippen molar-refractivity contribution in [2.45, 2.75) is 19.0 Å². The molecule has 0 amide bonds. The summed E-state index contributed by atoms with van der Waals surface area (Å²) < 4.78 is 13.5. The van der Waals surface area contributed by atoms with Gasteiger partial charge < -0.3 is 5.11 Å². The molecule has 0 saturated heterocycles. The highest BCUT2D eigenvalue weighted by Gasteiger charge is 2.33. The minimum Gasteiger partial charge on any atom is -0.480 e. The van der Waals surface area contributed by atoms with Crippen LogP contribution in [-0.4, -0.2) is 22.5 Å². The summed E-state index contributed by atoms with van der Waals surface area (Å²) in [4.78, 5) is 14.6. The summed E-state index contributed by atoms with van der Waals surface area (Å²) in [5.41, 5.74) is 1.45. The number of carbonyl (C=O) groups is 1. The fourth-order valence-corrected chi connectivity index (χ4v) is 3.81. The highest BCUT2D eigenvalue weighted by atomic mass is 35.5. The molecule has 1 aromatic carbocycles. The summed E-state index contributed by atoms with van der Waals surface area (Å²) in [6, 6.07) is 5.78. The highest BCUT2D eigenvalue weighted by Crippen LogP contribution is 2.35. The molecule has 0 aliphatic carbocycles. The van der Waals surface area contributed by atoms with Crippen molar-refractivity contribution in [1.29, 1.82) is 0 Å². The monoisotopic (exact) mass is 325 g/mol. The molecule has 1 atom stereocenters. The largest absolute Gasteiger partial charge is 0.480 e. The van der Waals surface area contributed by atoms with E-state index in [0.717, 1.165) is 16.9 Å². The lowest BCUT2D eigenvalue weighted by molar-refractivity contribution is -0.144. The number of carboxylic acids is 1. The molecule has 1 aliphatic rings. The predicted octanol–water partition coefficient (Wildman–Crippen LogP) is 3.72. The number of fused-ring (bicyclic) bond motifs is 1. The SMILES string of the molecule is O=C(O)C1c2ccsc2CCN1Cc1cccc(F)c1Cl. The number of aliphatic carboxylic acids is 1. The second kappa shape index (κ2) is 5.75. The van der Waals surface area contributed by atoms with E-state index in [1.165, 1.54) is 6.07 Å². The zero-order valence-corrected chi connectivity index (χ0v) is 12.6. The van der Waals surface area contributed by atoms with Gasteiger partial charge in [0, 0.05) is 18.0 Å². The Kier molecular flexibility index (Phi) is 3.97. The molecule has 1 aromatic heterocycles. The summed E-state index contributed by atoms with van der Waals surface area (Å²) in [6.07, 6.45) is 0.809. The number of thiophene rings is 1. The van der Waals surface area contributed by atoms with Crippen molar-refractivity contribution in [3.05, 3.63) is 56.5 Å². The molecule has 0 fully saturated rings. The van der Waals surface area contributed by atoms with Crippen LogP contribution in [0.15, 0.2) is 29.6 Å². The molecular weight excluding hydrogens is 313 g/mol. The number of hydrogen-bond acceptors (Lipinski definition) is 3. The van der Waals surface area contributed by atoms with Gasteiger partial charge in [-0.3, -0.25) is 9.69 Å². The molecule has 1 aliphatic heterocycles. The van der Waals surface area contributed by atoms with Crippen molar-refractivity contribution in [1.82, 2.24) is 4.90 Å². The first kappa shape index (κ1) is 14.5. The fraction of sp³-hybridized carbons (Fsp3) is 0.267. The van der Waals surface area contributed by atoms with E-state index in [2.05, 4.69) is 0 Å². The average Bonchev–Trinajstić information content (AvgIpc) is 2.91. The van der Waals surface area contributed by atoms with Crippen LogP contribution in [0.4, 0.5) is 4.39 Å². The van der Waals surface area contributed by atoms with Crippen molar-refractivity contribution in [2.75, 3.05) is 6.54 Å². The molecule has 1 unspecified atom stereocenters. The lowest BCUT2D eigenvalue weighted by Gasteiger charge is -2.33. The van der Waals surface area contributed by atoms with Crippen molar-refractivity contribution >= 4 is 28.9 Å². The lowest BCUT2D eigenvalue weighted by Crippen LogP contribution is -2.38. The third-order valence-electron chi connectivity index (χ3n) is 3.70. The van der Waals surface area contributed by atoms with Crippen LogP contribution in [0.3, 0.4) is 0 Å². The van der Waals surface area contributed by atoms with Gasteiger partial charge in [0.2, 0.25) is 0 Å². The van der Waals surface area contributed by atoms with Crippen LogP contribution in [-0.2, 0) is 17.8 Å². The molecular formula is C15H13ClFNO2S. The van der Waals surface area contributed by atoms with Crippen molar-refractivity contribution < 1.29 is 14.3 Å². The number of halogens is 2. The Hall–Kier alpha value is -1.43. The molecule has 0 bridgehead atoms. The van der Waals surface area contributed by atoms with Gasteiger partial charge in [-0.15, -0.1) is 11.3 Å². The van der Waals surface area contributed by atoms with E-state index in [1.807, 2.05) is 16.3 Å². The Balaban J connectivity index is 1.92. The first-order valence-corrected chi connectivity index (χ1v) is 7.79. The summed E-state index contributed by atoms with van der Waals surface area (Å²) in [5.74, 6) is -1.36. The summed E-state index contributed by atoms with van der Waals surface area (Å²) >= 11 is 7.56. The van der Waals surface area contributed by atoms with Gasteiger partial charge in [-0.2, -0.15) is 0 Å². The van der Waals surface area contributed by atoms with Crippen molar-refractivity contribution in [3.8, 4) is 0 Å². The van der Waals surface area contributed by atoms with Crippen LogP contribution >= 0.6 is 22.9 Å². The van der Waals surface area contributed by atoms with Crippen LogP contribution in [0.25, 0.3) is 0 Å². The second-order valence-corrected chi connectivity index (χ2v) is 6.35. The standard InChI is InChI=1S/C15H13ClFNO2S/c16-13-9(2-1-3-11(13)17)8-18-6-4-12-10(5-7-21-12)14(18)15(19)20/h1-3,5,7,14H,4,6,8H2,(H,19,20). The van der Waals surface area contributed by atoms with Crippen LogP contribution in [0.1, 0.15) is 22.0 Å². The van der Waals surface area contributed by atoms with E-state index in [4.69, 9.17) is 11.6 Å². The van der Waals surface area contributed by atoms with Crippen LogP contribution in [0.5, 0.6) is 0 Å². The Morgan fingerprint density at radius 1 is 1.48 bits per heavy atom. The molecule has 6 heteroatoms. The quantitative estimate of drug-likeness (QED) is 0.935. The van der Waals surface area contributed by atoms with Gasteiger partial charge in [0.05, 0.1) is 5.02 Å². The number of nitrogens with zero attached hydrogens (tertiary/aromatic N) is 1. The maximum Gasteiger partial charge on any atom is 0.325 e. The molecule has 21 heavy (non-hydrogen) atoms. The first-order chi connectivity index (χ1) is 10.1. The Morgan fingerprint density at radius 2 is 2.29 bits per heavy atom. The Morgan fingerprint density at radius 3 is 3.05 bits per heavy atom. The van der Waals surface area contributed by atoms with Crippen LogP contribution in [0, 0.1) is 5.82 Å². The van der Waals surface area contributed by atoms with E-state index < -0.39 is 17.8 Å². The molecule has 0 spiro atoms. The maximum atomic E-state index is 13.5. The molecule has 2 heterocycles. The molecule has 0 radical (unpaired) electrons. The minimum absolute atomic E-state index is 0.0674. The van der Waals surface area contributed by atoms with Crippen molar-refractivity contribution in [2.24, 2.45) is 0 Å². The van der Waals surface area contributed by atoms with Gasteiger partial charge in [-0.25, -0.2) is 4.39 Å². The van der Waals surface area contributed by atoms with Gasteiger partial charge in [0.1, 0.15) is 11.9 Å². The molecule has 3 nitrogen and oxygen atoms in total. The zero-order chi connectivity index (χ0) is 15.0. The number of hydrogen-bond donors (Lipinski definition) is 1. The molecule has 0 saturated carbocycles. The second-order valence-electron chi connectivity index (χ2n) is 4.97. The topological polar surface area (TPSA) is 40.5 Å². The molecule has 1 N–H and O–H groups in total. The summed E-state index contributed by atoms with van der Waals surface area (Å²) in [7, 11) is 0. The number of benzene rings is 1. The smallest absolute Gasteiger partial charge is 0.325 e. The highest BCUT2D eigenvalue weighted by molar-refractivity contribution is 7.10. The molecule has 3 rings (SSSR count). The number of rotatable bonds is 3. The van der Waals surface area contributed by atoms with Gasteiger partial charge in [-0.05, 0) is 35.1 Å². The van der Waals surface area contributed by atoms with E-state index in [-0.39, 0.29) is 5.02 Å². The van der Waals surface area contributed by atoms with Gasteiger partial charge in [-0.1, -0.05) is 23.7 Å². The summed E-state index contributed by atoms with van der Waals surface area (Å²) in [5, 5.41) is 11.5. The first-order valence-electron chi connectivity index (χ1n) is 6.54. The van der Waals surface area contributed by atoms with E-state index in [0.29, 0.717) is 18.7 Å². The Labute approximate surface area is 130 Å². The zero-order valence-electron chi connectivity index (χ0n) is 11.1. The van der Waals surface area contributed by atoms with Crippen LogP contribution in [0.2, 0.25) is 5.02 Å². The normalized spacial score (nSPS) is 18.5. The van der Waals surface area contributed by atoms with E-state index >= 15 is 0 Å². The third kappa shape index (κ3) is 2.69. The fourth-order valence-electron chi connectivity index (χ4n) is 2.72.